The second kappa shape index (κ2) is 3.16. The van der Waals surface area contributed by atoms with Gasteiger partial charge in [-0.1, -0.05) is 0 Å². The average Bonchev–Trinajstić information content (AvgIpc) is 1.35. The Labute approximate surface area is 50.8 Å². The second-order valence-corrected chi connectivity index (χ2v) is 2.56. The molecule has 0 aliphatic carbocycles. The normalized spacial score (nSPS) is 10.5. The van der Waals surface area contributed by atoms with Crippen molar-refractivity contribution in [1.82, 2.24) is 0 Å². The Balaban J connectivity index is 3.51. The largest absolute Gasteiger partial charge is 0.193 e. The predicted octanol–water partition coefficient (Wildman–Crippen LogP) is 1.85. The number of nitrogens with zero attached hydrogens (tertiary/aromatic N) is 1. The maximum atomic E-state index is 7.91. The van der Waals surface area contributed by atoms with E-state index in [2.05, 4.69) is 22.6 Å². The molecule has 0 N–H and O–H groups in total. The predicted molar refractivity (Wildman–Crippen MR) is 33.4 cm³/mol. The van der Waals surface area contributed by atoms with E-state index < -0.39 is 0 Å². The summed E-state index contributed by atoms with van der Waals surface area (Å²) < 4.78 is 1.02. The lowest BCUT2D eigenvalue weighted by Crippen LogP contribution is -1.48. The van der Waals surface area contributed by atoms with Crippen LogP contribution >= 0.6 is 22.6 Å². The van der Waals surface area contributed by atoms with Crippen molar-refractivity contribution in [3.63, 3.8) is 0 Å². The third-order valence-electron chi connectivity index (χ3n) is 0.263. The maximum absolute atomic E-state index is 7.91. The van der Waals surface area contributed by atoms with Crippen LogP contribution in [0.25, 0.3) is 0 Å². The molecule has 0 aliphatic rings. The first kappa shape index (κ1) is 5.96. The summed E-state index contributed by atoms with van der Waals surface area (Å²) in [6.45, 7) is 1.88. The van der Waals surface area contributed by atoms with Crippen LogP contribution in [0.1, 0.15) is 6.92 Å². The first-order valence-corrected chi connectivity index (χ1v) is 2.57. The van der Waals surface area contributed by atoms with Gasteiger partial charge in [0.2, 0.25) is 0 Å². The lowest BCUT2D eigenvalue weighted by atomic mass is 10.6. The van der Waals surface area contributed by atoms with Crippen molar-refractivity contribution in [2.45, 2.75) is 6.92 Å². The third kappa shape index (κ3) is 3.96. The van der Waals surface area contributed by atoms with Crippen LogP contribution in [0.2, 0.25) is 0 Å². The van der Waals surface area contributed by atoms with Gasteiger partial charge in [0.05, 0.1) is 6.07 Å². The van der Waals surface area contributed by atoms with E-state index in [1.165, 1.54) is 6.08 Å². The molecule has 32 valence electrons. The zero-order valence-corrected chi connectivity index (χ0v) is 5.56. The Kier molecular flexibility index (Phi) is 3.14. The molecule has 0 radical (unpaired) electrons. The minimum absolute atomic E-state index is 1.02. The highest BCUT2D eigenvalue weighted by atomic mass is 127. The Morgan fingerprint density at radius 1 is 2.00 bits per heavy atom. The Morgan fingerprint density at radius 2 is 2.50 bits per heavy atom. The van der Waals surface area contributed by atoms with Gasteiger partial charge in [0.1, 0.15) is 0 Å². The highest BCUT2D eigenvalue weighted by Gasteiger charge is 1.69. The zero-order valence-electron chi connectivity index (χ0n) is 3.40. The third-order valence-corrected chi connectivity index (χ3v) is 0.575. The van der Waals surface area contributed by atoms with E-state index in [9.17, 15) is 0 Å². The number of nitriles is 1. The number of allylic oxidation sites excluding steroid dienone is 2. The van der Waals surface area contributed by atoms with Gasteiger partial charge in [-0.25, -0.2) is 0 Å². The van der Waals surface area contributed by atoms with Crippen LogP contribution in [-0.4, -0.2) is 0 Å². The van der Waals surface area contributed by atoms with Crippen LogP contribution in [0.3, 0.4) is 0 Å². The summed E-state index contributed by atoms with van der Waals surface area (Å²) in [6, 6.07) is 1.90. The molecule has 2 heteroatoms. The van der Waals surface area contributed by atoms with Gasteiger partial charge in [-0.15, -0.1) is 0 Å². The molecule has 0 aromatic rings. The van der Waals surface area contributed by atoms with Crippen molar-refractivity contribution < 1.29 is 0 Å². The Morgan fingerprint density at radius 3 is 2.50 bits per heavy atom. The van der Waals surface area contributed by atoms with Crippen molar-refractivity contribution in [3.05, 3.63) is 9.66 Å². The molecular weight excluding hydrogens is 189 g/mol. The fourth-order valence-electron chi connectivity index (χ4n) is 0.0889. The molecular formula is C4H4IN. The molecule has 0 aromatic carbocycles. The second-order valence-electron chi connectivity index (χ2n) is 0.860. The van der Waals surface area contributed by atoms with Crippen LogP contribution in [0, 0.1) is 11.3 Å². The van der Waals surface area contributed by atoms with E-state index in [1.54, 1.807) is 0 Å². The van der Waals surface area contributed by atoms with Gasteiger partial charge in [-0.3, -0.25) is 0 Å². The van der Waals surface area contributed by atoms with Gasteiger partial charge in [0.25, 0.3) is 0 Å². The van der Waals surface area contributed by atoms with Gasteiger partial charge >= 0.3 is 0 Å². The van der Waals surface area contributed by atoms with Gasteiger partial charge in [0.15, 0.2) is 0 Å². The molecule has 0 rings (SSSR count). The summed E-state index contributed by atoms with van der Waals surface area (Å²) in [6.07, 6.45) is 1.50. The van der Waals surface area contributed by atoms with Crippen molar-refractivity contribution in [2.24, 2.45) is 0 Å². The van der Waals surface area contributed by atoms with Crippen molar-refractivity contribution >= 4 is 22.6 Å². The SMILES string of the molecule is CC(I)=CC#N. The summed E-state index contributed by atoms with van der Waals surface area (Å²) in [7, 11) is 0. The molecule has 0 unspecified atom stereocenters. The molecule has 0 aromatic heterocycles. The van der Waals surface area contributed by atoms with E-state index in [-0.39, 0.29) is 0 Å². The molecule has 0 heterocycles. The number of hydrogen-bond donors (Lipinski definition) is 0. The van der Waals surface area contributed by atoms with Gasteiger partial charge in [-0.05, 0) is 33.1 Å². The summed E-state index contributed by atoms with van der Waals surface area (Å²) >= 11 is 2.08. The summed E-state index contributed by atoms with van der Waals surface area (Å²) in [5.74, 6) is 0. The van der Waals surface area contributed by atoms with E-state index in [0.717, 1.165) is 3.58 Å². The van der Waals surface area contributed by atoms with Crippen molar-refractivity contribution in [3.8, 4) is 6.07 Å². The minimum Gasteiger partial charge on any atom is -0.193 e. The minimum atomic E-state index is 1.02. The quantitative estimate of drug-likeness (QED) is 0.425. The lowest BCUT2D eigenvalue weighted by molar-refractivity contribution is 1.52. The smallest absolute Gasteiger partial charge is 0.0919 e. The first-order chi connectivity index (χ1) is 2.77. The van der Waals surface area contributed by atoms with Crippen LogP contribution in [0.4, 0.5) is 0 Å². The van der Waals surface area contributed by atoms with Crippen LogP contribution in [-0.2, 0) is 0 Å². The molecule has 0 saturated heterocycles. The Bertz CT molecular complexity index is 94.6. The monoisotopic (exact) mass is 193 g/mol. The summed E-state index contributed by atoms with van der Waals surface area (Å²) in [4.78, 5) is 0. The van der Waals surface area contributed by atoms with Crippen LogP contribution < -0.4 is 0 Å². The Hall–Kier alpha value is -0.0400. The van der Waals surface area contributed by atoms with E-state index in [0.29, 0.717) is 0 Å². The van der Waals surface area contributed by atoms with Crippen molar-refractivity contribution in [1.29, 1.82) is 5.26 Å². The van der Waals surface area contributed by atoms with Crippen LogP contribution in [0.15, 0.2) is 9.66 Å². The average molecular weight is 193 g/mol. The zero-order chi connectivity index (χ0) is 4.99. The first-order valence-electron chi connectivity index (χ1n) is 1.49. The van der Waals surface area contributed by atoms with Gasteiger partial charge in [-0.2, -0.15) is 5.26 Å². The molecule has 0 fully saturated rings. The number of halogens is 1. The highest BCUT2D eigenvalue weighted by Crippen LogP contribution is 1.99. The maximum Gasteiger partial charge on any atom is 0.0919 e. The highest BCUT2D eigenvalue weighted by molar-refractivity contribution is 14.1. The standard InChI is InChI=1S/C4H4IN/c1-4(5)2-3-6/h2H,1H3. The van der Waals surface area contributed by atoms with E-state index in [1.807, 2.05) is 13.0 Å². The summed E-state index contributed by atoms with van der Waals surface area (Å²) in [5.41, 5.74) is 0. The molecule has 1 nitrogen and oxygen atoms in total. The molecule has 0 amide bonds. The van der Waals surface area contributed by atoms with Crippen molar-refractivity contribution in [2.75, 3.05) is 0 Å². The molecule has 0 atom stereocenters. The molecule has 6 heavy (non-hydrogen) atoms. The fourth-order valence-corrected chi connectivity index (χ4v) is 0.228. The lowest BCUT2D eigenvalue weighted by Gasteiger charge is -1.69. The molecule has 0 spiro atoms. The fraction of sp³-hybridized carbons (Fsp3) is 0.250. The number of hydrogen-bond acceptors (Lipinski definition) is 1. The van der Waals surface area contributed by atoms with E-state index >= 15 is 0 Å². The molecule has 0 bridgehead atoms. The topological polar surface area (TPSA) is 23.8 Å². The summed E-state index contributed by atoms with van der Waals surface area (Å²) in [5, 5.41) is 7.91. The van der Waals surface area contributed by atoms with Gasteiger partial charge in [0, 0.05) is 6.08 Å². The van der Waals surface area contributed by atoms with Crippen LogP contribution in [0.5, 0.6) is 0 Å². The van der Waals surface area contributed by atoms with Gasteiger partial charge < -0.3 is 0 Å². The number of rotatable bonds is 0. The molecule has 0 aliphatic heterocycles. The van der Waals surface area contributed by atoms with E-state index in [4.69, 9.17) is 5.26 Å². The molecule has 0 saturated carbocycles.